The quantitative estimate of drug-likeness (QED) is 0.366. The Balaban J connectivity index is 0.00000176. The maximum atomic E-state index is 9.03. The summed E-state index contributed by atoms with van der Waals surface area (Å²) in [5, 5.41) is 10.0. The minimum atomic E-state index is 0. The molecule has 8 heteroatoms. The third kappa shape index (κ3) is 3.56. The number of aryl methyl sites for hydroxylation is 1. The summed E-state index contributed by atoms with van der Waals surface area (Å²) in [5.41, 5.74) is 8.44. The van der Waals surface area contributed by atoms with E-state index >= 15 is 0 Å². The number of hydrogen-bond acceptors (Lipinski definition) is 7. The van der Waals surface area contributed by atoms with E-state index in [-0.39, 0.29) is 41.3 Å². The molecule has 0 fully saturated rings. The van der Waals surface area contributed by atoms with Crippen LogP contribution >= 0.6 is 11.3 Å². The van der Waals surface area contributed by atoms with E-state index in [0.717, 1.165) is 26.5 Å². The van der Waals surface area contributed by atoms with Gasteiger partial charge in [0.05, 0.1) is 21.5 Å². The van der Waals surface area contributed by atoms with E-state index in [4.69, 9.17) is 23.5 Å². The number of thiazole rings is 1. The molecule has 2 aromatic heterocycles. The molecule has 22 heavy (non-hydrogen) atoms. The van der Waals surface area contributed by atoms with Gasteiger partial charge in [-0.15, -0.1) is 11.3 Å². The normalized spacial score (nSPS) is 10.6. The Kier molecular flexibility index (Phi) is 6.08. The molecule has 0 radical (unpaired) electrons. The number of benzene rings is 1. The monoisotopic (exact) mass is 340 g/mol. The van der Waals surface area contributed by atoms with Crippen molar-refractivity contribution in [3.63, 3.8) is 0 Å². The van der Waals surface area contributed by atoms with E-state index in [1.807, 2.05) is 24.3 Å². The zero-order valence-corrected chi connectivity index (χ0v) is 15.7. The Bertz CT molecular complexity index is 761. The summed E-state index contributed by atoms with van der Waals surface area (Å²) < 4.78 is 1.09. The molecule has 0 spiro atoms. The minimum absolute atomic E-state index is 0. The molecule has 0 bridgehead atoms. The molecule has 3 N–H and O–H groups in total. The van der Waals surface area contributed by atoms with Gasteiger partial charge in [0.1, 0.15) is 10.8 Å². The smallest absolute Gasteiger partial charge is 0.740 e. The van der Waals surface area contributed by atoms with Crippen LogP contribution in [0, 0.1) is 0 Å². The second-order valence-electron chi connectivity index (χ2n) is 4.53. The molecule has 3 rings (SSSR count). The maximum Gasteiger partial charge on any atom is 1.00 e. The average molecular weight is 340 g/mol. The largest absolute Gasteiger partial charge is 1.00 e. The Morgan fingerprint density at radius 3 is 2.68 bits per heavy atom. The Labute approximate surface area is 159 Å². The number of aliphatic hydroxyl groups excluding tert-OH is 1. The molecule has 5 nitrogen and oxygen atoms in total. The van der Waals surface area contributed by atoms with E-state index in [1.54, 1.807) is 11.3 Å². The van der Waals surface area contributed by atoms with Crippen molar-refractivity contribution in [2.45, 2.75) is 18.0 Å². The Hall–Kier alpha value is -0.830. The summed E-state index contributed by atoms with van der Waals surface area (Å²) in [4.78, 5) is 13.0. The van der Waals surface area contributed by atoms with Crippen LogP contribution in [0.4, 0.5) is 5.82 Å². The van der Waals surface area contributed by atoms with Crippen molar-refractivity contribution in [2.75, 3.05) is 12.3 Å². The average Bonchev–Trinajstić information content (AvgIpc) is 2.87. The third-order valence-electron chi connectivity index (χ3n) is 3.07. The second kappa shape index (κ2) is 7.63. The number of rotatable bonds is 4. The van der Waals surface area contributed by atoms with Gasteiger partial charge < -0.3 is 23.5 Å². The molecular formula is C14H13N4NaOS2. The van der Waals surface area contributed by atoms with Crippen LogP contribution in [0.1, 0.15) is 12.1 Å². The van der Waals surface area contributed by atoms with Crippen LogP contribution in [0.3, 0.4) is 0 Å². The van der Waals surface area contributed by atoms with Crippen LogP contribution in [0.2, 0.25) is 0 Å². The zero-order valence-electron chi connectivity index (χ0n) is 12.1. The van der Waals surface area contributed by atoms with Gasteiger partial charge in [-0.25, -0.2) is 9.97 Å². The first kappa shape index (κ1) is 17.5. The first-order chi connectivity index (χ1) is 10.2. The number of fused-ring (bicyclic) bond motifs is 1. The summed E-state index contributed by atoms with van der Waals surface area (Å²) in [6, 6.07) is 7.90. The van der Waals surface area contributed by atoms with E-state index in [0.29, 0.717) is 18.7 Å². The number of aliphatic hydroxyl groups is 1. The minimum Gasteiger partial charge on any atom is -0.740 e. The van der Waals surface area contributed by atoms with Crippen LogP contribution in [0.5, 0.6) is 0 Å². The van der Waals surface area contributed by atoms with Crippen molar-refractivity contribution in [1.82, 2.24) is 15.0 Å². The van der Waals surface area contributed by atoms with Crippen LogP contribution in [-0.4, -0.2) is 26.7 Å². The molecule has 0 atom stereocenters. The van der Waals surface area contributed by atoms with Crippen molar-refractivity contribution >= 4 is 40.0 Å². The fourth-order valence-electron chi connectivity index (χ4n) is 2.14. The van der Waals surface area contributed by atoms with E-state index < -0.39 is 0 Å². The van der Waals surface area contributed by atoms with Gasteiger partial charge >= 0.3 is 29.6 Å². The number of nitrogens with two attached hydrogens (primary N) is 1. The summed E-state index contributed by atoms with van der Waals surface area (Å²) in [6.07, 6.45) is 1.20. The number of hydrogen-bond donors (Lipinski definition) is 2. The number of nitrogen functional groups attached to an aromatic ring is 1. The van der Waals surface area contributed by atoms with Crippen molar-refractivity contribution in [3.05, 3.63) is 30.0 Å². The van der Waals surface area contributed by atoms with E-state index in [9.17, 15) is 0 Å². The fourth-order valence-corrected chi connectivity index (χ4v) is 3.39. The van der Waals surface area contributed by atoms with Crippen LogP contribution in [0.15, 0.2) is 29.4 Å². The van der Waals surface area contributed by atoms with Crippen LogP contribution < -0.4 is 35.3 Å². The van der Waals surface area contributed by atoms with E-state index in [1.165, 1.54) is 0 Å². The number of aromatic nitrogens is 3. The van der Waals surface area contributed by atoms with Gasteiger partial charge in [-0.2, -0.15) is 0 Å². The predicted molar refractivity (Wildman–Crippen MR) is 86.1 cm³/mol. The summed E-state index contributed by atoms with van der Waals surface area (Å²) in [7, 11) is 0. The third-order valence-corrected chi connectivity index (χ3v) is 4.31. The first-order valence-electron chi connectivity index (χ1n) is 6.49. The van der Waals surface area contributed by atoms with Gasteiger partial charge in [0, 0.05) is 11.8 Å². The van der Waals surface area contributed by atoms with Gasteiger partial charge in [0.25, 0.3) is 0 Å². The summed E-state index contributed by atoms with van der Waals surface area (Å²) >= 11 is 6.58. The Morgan fingerprint density at radius 1 is 1.18 bits per heavy atom. The number of para-hydroxylation sites is 1. The molecule has 0 unspecified atom stereocenters. The van der Waals surface area contributed by atoms with Crippen LogP contribution in [0.25, 0.3) is 20.8 Å². The van der Waals surface area contributed by atoms with Crippen LogP contribution in [-0.2, 0) is 19.0 Å². The van der Waals surface area contributed by atoms with Gasteiger partial charge in [0.2, 0.25) is 0 Å². The zero-order chi connectivity index (χ0) is 14.8. The van der Waals surface area contributed by atoms with Gasteiger partial charge in [0.15, 0.2) is 0 Å². The summed E-state index contributed by atoms with van der Waals surface area (Å²) in [5.74, 6) is 0.349. The predicted octanol–water partition coefficient (Wildman–Crippen LogP) is -0.830. The molecule has 0 aliphatic heterocycles. The number of anilines is 1. The molecule has 1 aromatic carbocycles. The van der Waals surface area contributed by atoms with E-state index in [2.05, 4.69) is 15.0 Å². The topological polar surface area (TPSA) is 84.9 Å². The molecule has 0 aliphatic rings. The van der Waals surface area contributed by atoms with Gasteiger partial charge in [-0.1, -0.05) is 12.1 Å². The maximum absolute atomic E-state index is 9.03. The van der Waals surface area contributed by atoms with Crippen molar-refractivity contribution < 1.29 is 34.7 Å². The molecule has 108 valence electrons. The fraction of sp³-hybridized carbons (Fsp3) is 0.214. The second-order valence-corrected chi connectivity index (χ2v) is 5.92. The molecule has 3 aromatic rings. The molecule has 2 heterocycles. The van der Waals surface area contributed by atoms with Gasteiger partial charge in [-0.05, 0) is 25.0 Å². The van der Waals surface area contributed by atoms with Crippen molar-refractivity contribution in [3.8, 4) is 10.6 Å². The van der Waals surface area contributed by atoms with Crippen molar-refractivity contribution in [1.29, 1.82) is 0 Å². The molecule has 0 amide bonds. The standard InChI is InChI=1S/C14H14N4OS2.Na/c15-12-11(9(5-3-7-19)17-14(20)18-12)13-16-8-4-1-2-6-10(8)21-13;/h1-2,4,6,19H,3,5,7H2,(H3,15,17,18,20);/q;+1/p-1. The Morgan fingerprint density at radius 2 is 1.95 bits per heavy atom. The SMILES string of the molecule is Nc1nc([S-])nc(CCCO)c1-c1nc2ccccc2s1.[Na+]. The first-order valence-corrected chi connectivity index (χ1v) is 7.71. The summed E-state index contributed by atoms with van der Waals surface area (Å²) in [6.45, 7) is 0.0932. The van der Waals surface area contributed by atoms with Crippen molar-refractivity contribution in [2.24, 2.45) is 0 Å². The number of nitrogens with zero attached hydrogens (tertiary/aromatic N) is 3. The van der Waals surface area contributed by atoms with Gasteiger partial charge in [-0.3, -0.25) is 4.98 Å². The molecule has 0 aliphatic carbocycles. The molecule has 0 saturated carbocycles. The molecule has 0 saturated heterocycles. The molecular weight excluding hydrogens is 327 g/mol.